The van der Waals surface area contributed by atoms with Gasteiger partial charge in [0.25, 0.3) is 5.91 Å². The molecule has 1 fully saturated rings. The Morgan fingerprint density at radius 3 is 2.93 bits per heavy atom. The molecule has 15 heavy (non-hydrogen) atoms. The molecule has 0 saturated heterocycles. The summed E-state index contributed by atoms with van der Waals surface area (Å²) in [5, 5.41) is 12.8. The quantitative estimate of drug-likeness (QED) is 0.803. The third-order valence-electron chi connectivity index (χ3n) is 2.76. The molecule has 0 aromatic carbocycles. The van der Waals surface area contributed by atoms with E-state index in [-0.39, 0.29) is 17.9 Å². The average molecular weight is 226 g/mol. The van der Waals surface area contributed by atoms with Crippen LogP contribution in [0.5, 0.6) is 0 Å². The third-order valence-corrected chi connectivity index (χ3v) is 3.67. The molecular formula is C10H14N2O2S. The van der Waals surface area contributed by atoms with Crippen molar-refractivity contribution < 1.29 is 9.90 Å². The lowest BCUT2D eigenvalue weighted by molar-refractivity contribution is 0.0939. The second kappa shape index (κ2) is 3.90. The molecular weight excluding hydrogens is 212 g/mol. The predicted molar refractivity (Wildman–Crippen MR) is 57.9 cm³/mol. The lowest BCUT2D eigenvalue weighted by atomic mass is 10.1. The number of hydrogen-bond acceptors (Lipinski definition) is 4. The lowest BCUT2D eigenvalue weighted by Gasteiger charge is -2.11. The summed E-state index contributed by atoms with van der Waals surface area (Å²) in [5.41, 5.74) is -0.0323. The highest BCUT2D eigenvalue weighted by atomic mass is 32.1. The minimum atomic E-state index is -0.0830. The number of aryl methyl sites for hydroxylation is 1. The van der Waals surface area contributed by atoms with E-state index < -0.39 is 0 Å². The highest BCUT2D eigenvalue weighted by Gasteiger charge is 2.42. The van der Waals surface area contributed by atoms with Crippen LogP contribution in [0.3, 0.4) is 0 Å². The first-order chi connectivity index (χ1) is 7.15. The molecule has 1 aromatic rings. The number of aliphatic hydroxyl groups excluding tert-OH is 1. The highest BCUT2D eigenvalue weighted by molar-refractivity contribution is 7.13. The van der Waals surface area contributed by atoms with Gasteiger partial charge in [0.05, 0.1) is 17.8 Å². The van der Waals surface area contributed by atoms with Crippen LogP contribution < -0.4 is 5.32 Å². The van der Waals surface area contributed by atoms with Crippen LogP contribution >= 0.6 is 11.3 Å². The van der Waals surface area contributed by atoms with Crippen molar-refractivity contribution in [3.05, 3.63) is 16.1 Å². The van der Waals surface area contributed by atoms with Crippen molar-refractivity contribution in [2.24, 2.45) is 5.41 Å². The van der Waals surface area contributed by atoms with E-state index in [2.05, 4.69) is 10.3 Å². The zero-order valence-electron chi connectivity index (χ0n) is 8.62. The molecule has 4 nitrogen and oxygen atoms in total. The van der Waals surface area contributed by atoms with E-state index in [9.17, 15) is 4.79 Å². The number of carbonyl (C=O) groups excluding carboxylic acids is 1. The number of carbonyl (C=O) groups is 1. The van der Waals surface area contributed by atoms with Crippen LogP contribution in [-0.2, 0) is 0 Å². The fourth-order valence-electron chi connectivity index (χ4n) is 1.39. The van der Waals surface area contributed by atoms with E-state index >= 15 is 0 Å². The van der Waals surface area contributed by atoms with Crippen molar-refractivity contribution >= 4 is 17.2 Å². The molecule has 1 amide bonds. The first-order valence-electron chi connectivity index (χ1n) is 4.97. The largest absolute Gasteiger partial charge is 0.396 e. The van der Waals surface area contributed by atoms with Crippen LogP contribution in [0.2, 0.25) is 0 Å². The Balaban J connectivity index is 1.88. The van der Waals surface area contributed by atoms with Crippen LogP contribution in [0.1, 0.15) is 27.5 Å². The van der Waals surface area contributed by atoms with Crippen molar-refractivity contribution in [1.82, 2.24) is 10.3 Å². The molecule has 0 bridgehead atoms. The number of rotatable bonds is 4. The summed E-state index contributed by atoms with van der Waals surface area (Å²) in [6, 6.07) is 0. The molecule has 2 rings (SSSR count). The fraction of sp³-hybridized carbons (Fsp3) is 0.600. The molecule has 1 saturated carbocycles. The van der Waals surface area contributed by atoms with E-state index in [1.54, 1.807) is 6.20 Å². The van der Waals surface area contributed by atoms with Crippen molar-refractivity contribution in [1.29, 1.82) is 0 Å². The number of nitrogens with zero attached hydrogens (tertiary/aromatic N) is 1. The Morgan fingerprint density at radius 1 is 1.73 bits per heavy atom. The normalized spacial score (nSPS) is 17.5. The Kier molecular flexibility index (Phi) is 2.75. The Labute approximate surface area is 92.3 Å². The molecule has 0 radical (unpaired) electrons. The molecule has 2 N–H and O–H groups in total. The number of hydrogen-bond donors (Lipinski definition) is 2. The Bertz CT molecular complexity index is 371. The SMILES string of the molecule is Cc1ncc(C(=O)NCC2(CO)CC2)s1. The van der Waals surface area contributed by atoms with Crippen molar-refractivity contribution in [3.8, 4) is 0 Å². The van der Waals surface area contributed by atoms with E-state index in [1.165, 1.54) is 11.3 Å². The molecule has 0 atom stereocenters. The summed E-state index contributed by atoms with van der Waals surface area (Å²) in [6.07, 6.45) is 3.60. The summed E-state index contributed by atoms with van der Waals surface area (Å²) in [7, 11) is 0. The number of aliphatic hydroxyl groups is 1. The van der Waals surface area contributed by atoms with E-state index in [0.29, 0.717) is 11.4 Å². The van der Waals surface area contributed by atoms with Crippen LogP contribution in [0.25, 0.3) is 0 Å². The van der Waals surface area contributed by atoms with Gasteiger partial charge in [-0.05, 0) is 19.8 Å². The Morgan fingerprint density at radius 2 is 2.47 bits per heavy atom. The smallest absolute Gasteiger partial charge is 0.263 e. The van der Waals surface area contributed by atoms with Gasteiger partial charge in [-0.15, -0.1) is 11.3 Å². The van der Waals surface area contributed by atoms with Gasteiger partial charge >= 0.3 is 0 Å². The maximum Gasteiger partial charge on any atom is 0.263 e. The van der Waals surface area contributed by atoms with Gasteiger partial charge < -0.3 is 10.4 Å². The van der Waals surface area contributed by atoms with Gasteiger partial charge in [-0.25, -0.2) is 4.98 Å². The van der Waals surface area contributed by atoms with Crippen molar-refractivity contribution in [3.63, 3.8) is 0 Å². The fourth-order valence-corrected chi connectivity index (χ4v) is 2.08. The molecule has 0 aliphatic heterocycles. The minimum Gasteiger partial charge on any atom is -0.396 e. The standard InChI is InChI=1S/C10H14N2O2S/c1-7-11-4-8(15-7)9(14)12-5-10(6-13)2-3-10/h4,13H,2-3,5-6H2,1H3,(H,12,14). The summed E-state index contributed by atoms with van der Waals surface area (Å²) in [4.78, 5) is 16.3. The minimum absolute atomic E-state index is 0.0323. The van der Waals surface area contributed by atoms with Gasteiger partial charge in [0.15, 0.2) is 0 Å². The van der Waals surface area contributed by atoms with Crippen molar-refractivity contribution in [2.45, 2.75) is 19.8 Å². The van der Waals surface area contributed by atoms with Gasteiger partial charge in [0.1, 0.15) is 4.88 Å². The van der Waals surface area contributed by atoms with E-state index in [0.717, 1.165) is 17.8 Å². The first kappa shape index (κ1) is 10.6. The predicted octanol–water partition coefficient (Wildman–Crippen LogP) is 0.954. The summed E-state index contributed by atoms with van der Waals surface area (Å²) in [5.74, 6) is -0.0830. The molecule has 5 heteroatoms. The topological polar surface area (TPSA) is 62.2 Å². The van der Waals surface area contributed by atoms with Crippen molar-refractivity contribution in [2.75, 3.05) is 13.2 Å². The van der Waals surface area contributed by atoms with Crippen LogP contribution in [-0.4, -0.2) is 29.1 Å². The Hall–Kier alpha value is -0.940. The summed E-state index contributed by atoms with van der Waals surface area (Å²) < 4.78 is 0. The van der Waals surface area contributed by atoms with Gasteiger partial charge in [-0.1, -0.05) is 0 Å². The zero-order chi connectivity index (χ0) is 10.9. The van der Waals surface area contributed by atoms with Gasteiger partial charge in [-0.3, -0.25) is 4.79 Å². The molecule has 1 aliphatic rings. The van der Waals surface area contributed by atoms with Gasteiger partial charge in [-0.2, -0.15) is 0 Å². The molecule has 0 unspecified atom stereocenters. The number of thiazole rings is 1. The molecule has 1 aliphatic carbocycles. The van der Waals surface area contributed by atoms with Gasteiger partial charge in [0.2, 0.25) is 0 Å². The molecule has 1 heterocycles. The third kappa shape index (κ3) is 2.35. The van der Waals surface area contributed by atoms with Crippen LogP contribution in [0.4, 0.5) is 0 Å². The van der Waals surface area contributed by atoms with Crippen LogP contribution in [0.15, 0.2) is 6.20 Å². The molecule has 82 valence electrons. The zero-order valence-corrected chi connectivity index (χ0v) is 9.43. The molecule has 1 aromatic heterocycles. The first-order valence-corrected chi connectivity index (χ1v) is 5.78. The van der Waals surface area contributed by atoms with E-state index in [1.807, 2.05) is 6.92 Å². The second-order valence-electron chi connectivity index (χ2n) is 4.08. The summed E-state index contributed by atoms with van der Waals surface area (Å²) >= 11 is 1.39. The number of nitrogens with one attached hydrogen (secondary N) is 1. The van der Waals surface area contributed by atoms with Gasteiger partial charge in [0, 0.05) is 12.0 Å². The average Bonchev–Trinajstić information content (AvgIpc) is 2.90. The number of aromatic nitrogens is 1. The monoisotopic (exact) mass is 226 g/mol. The second-order valence-corrected chi connectivity index (χ2v) is 5.32. The maximum absolute atomic E-state index is 11.6. The summed E-state index contributed by atoms with van der Waals surface area (Å²) in [6.45, 7) is 2.60. The lowest BCUT2D eigenvalue weighted by Crippen LogP contribution is -2.31. The highest BCUT2D eigenvalue weighted by Crippen LogP contribution is 2.44. The number of amides is 1. The maximum atomic E-state index is 11.6. The van der Waals surface area contributed by atoms with Crippen LogP contribution in [0, 0.1) is 12.3 Å². The molecule has 0 spiro atoms. The van der Waals surface area contributed by atoms with E-state index in [4.69, 9.17) is 5.11 Å².